The Hall–Kier alpha value is -1.88. The van der Waals surface area contributed by atoms with Gasteiger partial charge in [0.15, 0.2) is 5.65 Å². The molecule has 3 rings (SSSR count). The predicted octanol–water partition coefficient (Wildman–Crippen LogP) is 1.13. The number of sulfonamides is 1. The Labute approximate surface area is 147 Å². The number of aromatic nitrogens is 4. The van der Waals surface area contributed by atoms with E-state index >= 15 is 0 Å². The third-order valence-electron chi connectivity index (χ3n) is 3.64. The zero-order valence-electron chi connectivity index (χ0n) is 12.9. The fraction of sp³-hybridized carbons (Fsp3) is 0.214. The molecule has 1 aromatic carbocycles. The number of halogens is 1. The van der Waals surface area contributed by atoms with Gasteiger partial charge in [-0.25, -0.2) is 28.2 Å². The molecule has 0 radical (unpaired) electrons. The highest BCUT2D eigenvalue weighted by Gasteiger charge is 2.21. The second-order valence-corrected chi connectivity index (χ2v) is 7.67. The fourth-order valence-electron chi connectivity index (χ4n) is 2.49. The Bertz CT molecular complexity index is 1030. The molecular formula is C14H15BrN6O2S. The molecule has 0 amide bonds. The molecule has 1 unspecified atom stereocenters. The SMILES string of the molecule is Cc1nc(C(N)c2ccc(S(N)(=O)=O)cc2)c2c(Br)nn(C)c2n1. The Kier molecular flexibility index (Phi) is 4.16. The lowest BCUT2D eigenvalue weighted by Crippen LogP contribution is -2.16. The molecule has 0 aliphatic carbocycles. The van der Waals surface area contributed by atoms with Crippen molar-refractivity contribution in [2.24, 2.45) is 17.9 Å². The molecule has 0 saturated carbocycles. The van der Waals surface area contributed by atoms with Gasteiger partial charge in [-0.1, -0.05) is 12.1 Å². The first kappa shape index (κ1) is 17.0. The molecule has 4 N–H and O–H groups in total. The molecule has 0 aliphatic rings. The first-order chi connectivity index (χ1) is 11.2. The molecule has 2 heterocycles. The zero-order valence-corrected chi connectivity index (χ0v) is 15.3. The maximum atomic E-state index is 11.4. The maximum Gasteiger partial charge on any atom is 0.238 e. The Morgan fingerprint density at radius 1 is 1.21 bits per heavy atom. The monoisotopic (exact) mass is 410 g/mol. The van der Waals surface area contributed by atoms with Gasteiger partial charge in [0.2, 0.25) is 10.0 Å². The molecule has 0 spiro atoms. The van der Waals surface area contributed by atoms with E-state index < -0.39 is 16.1 Å². The number of fused-ring (bicyclic) bond motifs is 1. The van der Waals surface area contributed by atoms with E-state index in [1.807, 2.05) is 0 Å². The fourth-order valence-corrected chi connectivity index (χ4v) is 3.62. The van der Waals surface area contributed by atoms with E-state index in [-0.39, 0.29) is 4.90 Å². The minimum Gasteiger partial charge on any atom is -0.319 e. The number of hydrogen-bond acceptors (Lipinski definition) is 6. The van der Waals surface area contributed by atoms with Gasteiger partial charge in [-0.05, 0) is 40.5 Å². The summed E-state index contributed by atoms with van der Waals surface area (Å²) in [5, 5.41) is 10.1. The van der Waals surface area contributed by atoms with E-state index in [0.717, 1.165) is 5.39 Å². The normalized spacial score (nSPS) is 13.4. The molecule has 0 saturated heterocycles. The molecule has 3 aromatic rings. The van der Waals surface area contributed by atoms with Gasteiger partial charge in [0.1, 0.15) is 10.4 Å². The summed E-state index contributed by atoms with van der Waals surface area (Å²) in [5.74, 6) is 0.574. The Morgan fingerprint density at radius 3 is 2.42 bits per heavy atom. The molecule has 8 nitrogen and oxygen atoms in total. The average molecular weight is 411 g/mol. The third kappa shape index (κ3) is 2.93. The van der Waals surface area contributed by atoms with Gasteiger partial charge in [0.25, 0.3) is 0 Å². The Morgan fingerprint density at radius 2 is 1.83 bits per heavy atom. The highest BCUT2D eigenvalue weighted by molar-refractivity contribution is 9.10. The van der Waals surface area contributed by atoms with Gasteiger partial charge in [-0.3, -0.25) is 0 Å². The quantitative estimate of drug-likeness (QED) is 0.665. The van der Waals surface area contributed by atoms with Crippen molar-refractivity contribution in [1.29, 1.82) is 0 Å². The van der Waals surface area contributed by atoms with Gasteiger partial charge in [0, 0.05) is 7.05 Å². The van der Waals surface area contributed by atoms with E-state index in [0.29, 0.717) is 27.3 Å². The number of nitrogens with zero attached hydrogens (tertiary/aromatic N) is 4. The summed E-state index contributed by atoms with van der Waals surface area (Å²) < 4.78 is 25.0. The molecular weight excluding hydrogens is 396 g/mol. The summed E-state index contributed by atoms with van der Waals surface area (Å²) in [7, 11) is -1.95. The van der Waals surface area contributed by atoms with Crippen LogP contribution in [0.5, 0.6) is 0 Å². The van der Waals surface area contributed by atoms with E-state index in [4.69, 9.17) is 10.9 Å². The van der Waals surface area contributed by atoms with Crippen molar-refractivity contribution < 1.29 is 8.42 Å². The number of rotatable bonds is 3. The van der Waals surface area contributed by atoms with Gasteiger partial charge in [-0.15, -0.1) is 0 Å². The summed E-state index contributed by atoms with van der Waals surface area (Å²) in [6, 6.07) is 5.53. The van der Waals surface area contributed by atoms with Crippen molar-refractivity contribution in [2.45, 2.75) is 17.9 Å². The smallest absolute Gasteiger partial charge is 0.238 e. The lowest BCUT2D eigenvalue weighted by atomic mass is 10.0. The third-order valence-corrected chi connectivity index (χ3v) is 5.13. The summed E-state index contributed by atoms with van der Waals surface area (Å²) >= 11 is 3.41. The van der Waals surface area contributed by atoms with Crippen molar-refractivity contribution in [3.05, 3.63) is 46.0 Å². The number of hydrogen-bond donors (Lipinski definition) is 2. The molecule has 1 atom stereocenters. The van der Waals surface area contributed by atoms with Crippen LogP contribution in [0.4, 0.5) is 0 Å². The summed E-state index contributed by atoms with van der Waals surface area (Å²) in [4.78, 5) is 8.88. The molecule has 10 heteroatoms. The largest absolute Gasteiger partial charge is 0.319 e. The van der Waals surface area contributed by atoms with Crippen LogP contribution in [0.2, 0.25) is 0 Å². The van der Waals surface area contributed by atoms with Crippen molar-refractivity contribution in [2.75, 3.05) is 0 Å². The highest BCUT2D eigenvalue weighted by atomic mass is 79.9. The summed E-state index contributed by atoms with van der Waals surface area (Å²) in [6.07, 6.45) is 0. The highest BCUT2D eigenvalue weighted by Crippen LogP contribution is 2.30. The average Bonchev–Trinajstić information content (AvgIpc) is 2.79. The molecule has 0 aliphatic heterocycles. The lowest BCUT2D eigenvalue weighted by molar-refractivity contribution is 0.597. The number of aryl methyl sites for hydroxylation is 2. The van der Waals surface area contributed by atoms with Gasteiger partial charge in [0.05, 0.1) is 22.0 Å². The number of primary sulfonamides is 1. The first-order valence-electron chi connectivity index (χ1n) is 6.93. The summed E-state index contributed by atoms with van der Waals surface area (Å²) in [6.45, 7) is 1.78. The van der Waals surface area contributed by atoms with Crippen molar-refractivity contribution in [3.8, 4) is 0 Å². The van der Waals surface area contributed by atoms with Crippen LogP contribution in [0.1, 0.15) is 23.1 Å². The van der Waals surface area contributed by atoms with Crippen molar-refractivity contribution in [3.63, 3.8) is 0 Å². The summed E-state index contributed by atoms with van der Waals surface area (Å²) in [5.41, 5.74) is 8.35. The first-order valence-corrected chi connectivity index (χ1v) is 9.27. The van der Waals surface area contributed by atoms with Crippen LogP contribution >= 0.6 is 15.9 Å². The van der Waals surface area contributed by atoms with E-state index in [1.54, 1.807) is 30.8 Å². The molecule has 126 valence electrons. The minimum atomic E-state index is -3.74. The van der Waals surface area contributed by atoms with Gasteiger partial charge < -0.3 is 5.73 Å². The van der Waals surface area contributed by atoms with Crippen LogP contribution in [-0.4, -0.2) is 28.2 Å². The van der Waals surface area contributed by atoms with Gasteiger partial charge in [-0.2, -0.15) is 5.10 Å². The van der Waals surface area contributed by atoms with Crippen molar-refractivity contribution in [1.82, 2.24) is 19.7 Å². The lowest BCUT2D eigenvalue weighted by Gasteiger charge is -2.14. The van der Waals surface area contributed by atoms with Crippen LogP contribution < -0.4 is 10.9 Å². The maximum absolute atomic E-state index is 11.4. The molecule has 0 bridgehead atoms. The van der Waals surface area contributed by atoms with E-state index in [9.17, 15) is 8.42 Å². The molecule has 0 fully saturated rings. The molecule has 24 heavy (non-hydrogen) atoms. The number of nitrogens with two attached hydrogens (primary N) is 2. The minimum absolute atomic E-state index is 0.0324. The van der Waals surface area contributed by atoms with E-state index in [2.05, 4.69) is 31.0 Å². The Balaban J connectivity index is 2.13. The van der Waals surface area contributed by atoms with Crippen LogP contribution in [0.25, 0.3) is 11.0 Å². The van der Waals surface area contributed by atoms with Crippen LogP contribution in [0.3, 0.4) is 0 Å². The van der Waals surface area contributed by atoms with Crippen LogP contribution in [0, 0.1) is 6.92 Å². The van der Waals surface area contributed by atoms with Gasteiger partial charge >= 0.3 is 0 Å². The second-order valence-electron chi connectivity index (χ2n) is 5.36. The van der Waals surface area contributed by atoms with Crippen LogP contribution in [-0.2, 0) is 17.1 Å². The predicted molar refractivity (Wildman–Crippen MR) is 92.6 cm³/mol. The zero-order chi connectivity index (χ0) is 17.6. The second kappa shape index (κ2) is 5.88. The van der Waals surface area contributed by atoms with E-state index in [1.165, 1.54) is 12.1 Å². The topological polar surface area (TPSA) is 130 Å². The van der Waals surface area contributed by atoms with Crippen LogP contribution in [0.15, 0.2) is 33.8 Å². The standard InChI is InChI=1S/C14H15BrN6O2S/c1-7-18-12(10-13(15)20-21(2)14(10)19-7)11(16)8-3-5-9(6-4-8)24(17,22)23/h3-6,11H,16H2,1-2H3,(H2,17,22,23). The van der Waals surface area contributed by atoms with Crippen molar-refractivity contribution >= 4 is 37.0 Å². The number of benzene rings is 1. The molecule has 2 aromatic heterocycles.